The van der Waals surface area contributed by atoms with Crippen LogP contribution in [0.5, 0.6) is 0 Å². The SMILES string of the molecule is C#C[C@]1(O)C[C@@H](C(C)C)CC[C@@H]1C. The van der Waals surface area contributed by atoms with Gasteiger partial charge in [0.05, 0.1) is 0 Å². The maximum absolute atomic E-state index is 10.1. The fraction of sp³-hybridized carbons (Fsp3) is 0.833. The molecule has 0 bridgehead atoms. The smallest absolute Gasteiger partial charge is 0.128 e. The van der Waals surface area contributed by atoms with E-state index in [9.17, 15) is 5.11 Å². The highest BCUT2D eigenvalue weighted by molar-refractivity contribution is 5.12. The Morgan fingerprint density at radius 3 is 2.54 bits per heavy atom. The molecule has 0 heterocycles. The minimum atomic E-state index is -0.840. The summed E-state index contributed by atoms with van der Waals surface area (Å²) >= 11 is 0. The Morgan fingerprint density at radius 2 is 2.08 bits per heavy atom. The van der Waals surface area contributed by atoms with Crippen molar-refractivity contribution in [1.29, 1.82) is 0 Å². The van der Waals surface area contributed by atoms with E-state index in [4.69, 9.17) is 6.42 Å². The van der Waals surface area contributed by atoms with E-state index in [1.54, 1.807) is 0 Å². The lowest BCUT2D eigenvalue weighted by molar-refractivity contribution is -0.0180. The number of hydrogen-bond acceptors (Lipinski definition) is 1. The van der Waals surface area contributed by atoms with Gasteiger partial charge in [-0.3, -0.25) is 0 Å². The summed E-state index contributed by atoms with van der Waals surface area (Å²) in [5.74, 6) is 4.05. The van der Waals surface area contributed by atoms with Gasteiger partial charge < -0.3 is 5.11 Å². The van der Waals surface area contributed by atoms with Crippen LogP contribution in [-0.2, 0) is 0 Å². The summed E-state index contributed by atoms with van der Waals surface area (Å²) in [7, 11) is 0. The van der Waals surface area contributed by atoms with Crippen LogP contribution in [0.25, 0.3) is 0 Å². The first-order valence-corrected chi connectivity index (χ1v) is 5.19. The molecule has 74 valence electrons. The van der Waals surface area contributed by atoms with Gasteiger partial charge in [0.25, 0.3) is 0 Å². The normalized spacial score (nSPS) is 40.3. The molecule has 0 unspecified atom stereocenters. The molecule has 13 heavy (non-hydrogen) atoms. The number of aliphatic hydroxyl groups is 1. The van der Waals surface area contributed by atoms with Crippen molar-refractivity contribution in [2.24, 2.45) is 17.8 Å². The predicted octanol–water partition coefficient (Wildman–Crippen LogP) is 2.44. The minimum Gasteiger partial charge on any atom is -0.377 e. The molecule has 3 atom stereocenters. The van der Waals surface area contributed by atoms with Gasteiger partial charge in [-0.2, -0.15) is 0 Å². The number of rotatable bonds is 1. The summed E-state index contributed by atoms with van der Waals surface area (Å²) in [5, 5.41) is 10.1. The maximum atomic E-state index is 10.1. The molecule has 1 fully saturated rings. The zero-order chi connectivity index (χ0) is 10.1. The van der Waals surface area contributed by atoms with Crippen molar-refractivity contribution in [3.8, 4) is 12.3 Å². The average Bonchev–Trinajstić information content (AvgIpc) is 2.09. The number of hydrogen-bond donors (Lipinski definition) is 1. The van der Waals surface area contributed by atoms with Crippen LogP contribution in [0.15, 0.2) is 0 Å². The zero-order valence-electron chi connectivity index (χ0n) is 8.88. The molecule has 0 aromatic carbocycles. The van der Waals surface area contributed by atoms with Gasteiger partial charge in [0.2, 0.25) is 0 Å². The highest BCUT2D eigenvalue weighted by Crippen LogP contribution is 2.39. The Labute approximate surface area is 81.5 Å². The van der Waals surface area contributed by atoms with Gasteiger partial charge >= 0.3 is 0 Å². The van der Waals surface area contributed by atoms with Crippen LogP contribution in [-0.4, -0.2) is 10.7 Å². The molecule has 0 spiro atoms. The third kappa shape index (κ3) is 2.06. The third-order valence-electron chi connectivity index (χ3n) is 3.55. The Morgan fingerprint density at radius 1 is 1.46 bits per heavy atom. The van der Waals surface area contributed by atoms with Crippen molar-refractivity contribution in [3.05, 3.63) is 0 Å². The molecule has 0 radical (unpaired) electrons. The van der Waals surface area contributed by atoms with Gasteiger partial charge in [-0.05, 0) is 37.0 Å². The molecule has 0 saturated heterocycles. The maximum Gasteiger partial charge on any atom is 0.128 e. The van der Waals surface area contributed by atoms with Crippen LogP contribution >= 0.6 is 0 Å². The first-order valence-electron chi connectivity index (χ1n) is 5.19. The molecular formula is C12H20O. The predicted molar refractivity (Wildman–Crippen MR) is 55.1 cm³/mol. The summed E-state index contributed by atoms with van der Waals surface area (Å²) in [6.07, 6.45) is 8.44. The van der Waals surface area contributed by atoms with Gasteiger partial charge in [-0.25, -0.2) is 0 Å². The summed E-state index contributed by atoms with van der Waals surface area (Å²) in [4.78, 5) is 0. The molecule has 1 rings (SSSR count). The van der Waals surface area contributed by atoms with E-state index in [1.807, 2.05) is 0 Å². The lowest BCUT2D eigenvalue weighted by Gasteiger charge is -2.39. The van der Waals surface area contributed by atoms with E-state index in [2.05, 4.69) is 26.7 Å². The van der Waals surface area contributed by atoms with Gasteiger partial charge in [-0.15, -0.1) is 6.42 Å². The Balaban J connectivity index is 2.70. The lowest BCUT2D eigenvalue weighted by Crippen LogP contribution is -2.42. The van der Waals surface area contributed by atoms with E-state index < -0.39 is 5.60 Å². The summed E-state index contributed by atoms with van der Waals surface area (Å²) in [6.45, 7) is 6.46. The van der Waals surface area contributed by atoms with E-state index in [0.29, 0.717) is 11.8 Å². The summed E-state index contributed by atoms with van der Waals surface area (Å²) < 4.78 is 0. The van der Waals surface area contributed by atoms with Crippen molar-refractivity contribution in [3.63, 3.8) is 0 Å². The molecule has 1 N–H and O–H groups in total. The third-order valence-corrected chi connectivity index (χ3v) is 3.55. The Kier molecular flexibility index (Phi) is 3.03. The fourth-order valence-corrected chi connectivity index (χ4v) is 2.18. The second-order valence-electron chi connectivity index (χ2n) is 4.76. The quantitative estimate of drug-likeness (QED) is 0.614. The monoisotopic (exact) mass is 180 g/mol. The minimum absolute atomic E-state index is 0.257. The highest BCUT2D eigenvalue weighted by atomic mass is 16.3. The molecular weight excluding hydrogens is 160 g/mol. The molecule has 1 aliphatic carbocycles. The molecule has 1 heteroatoms. The molecule has 0 amide bonds. The van der Waals surface area contributed by atoms with Gasteiger partial charge in [-0.1, -0.05) is 26.7 Å². The van der Waals surface area contributed by atoms with Crippen LogP contribution in [0.1, 0.15) is 40.0 Å². The van der Waals surface area contributed by atoms with Crippen molar-refractivity contribution < 1.29 is 5.11 Å². The van der Waals surface area contributed by atoms with Crippen molar-refractivity contribution >= 4 is 0 Å². The summed E-state index contributed by atoms with van der Waals surface area (Å²) in [6, 6.07) is 0. The second kappa shape index (κ2) is 3.72. The zero-order valence-corrected chi connectivity index (χ0v) is 8.88. The van der Waals surface area contributed by atoms with Crippen molar-refractivity contribution in [2.75, 3.05) is 0 Å². The summed E-state index contributed by atoms with van der Waals surface area (Å²) in [5.41, 5.74) is -0.840. The largest absolute Gasteiger partial charge is 0.377 e. The van der Waals surface area contributed by atoms with Gasteiger partial charge in [0.15, 0.2) is 0 Å². The van der Waals surface area contributed by atoms with Gasteiger partial charge in [0.1, 0.15) is 5.60 Å². The first-order chi connectivity index (χ1) is 5.99. The Hall–Kier alpha value is -0.480. The van der Waals surface area contributed by atoms with Crippen molar-refractivity contribution in [1.82, 2.24) is 0 Å². The molecule has 0 aromatic heterocycles. The highest BCUT2D eigenvalue weighted by Gasteiger charge is 2.39. The Bertz CT molecular complexity index is 214. The van der Waals surface area contributed by atoms with Gasteiger partial charge in [0, 0.05) is 0 Å². The van der Waals surface area contributed by atoms with E-state index in [0.717, 1.165) is 12.8 Å². The molecule has 1 saturated carbocycles. The molecule has 0 aromatic rings. The second-order valence-corrected chi connectivity index (χ2v) is 4.76. The van der Waals surface area contributed by atoms with Crippen LogP contribution in [0.2, 0.25) is 0 Å². The lowest BCUT2D eigenvalue weighted by atomic mass is 9.69. The fourth-order valence-electron chi connectivity index (χ4n) is 2.18. The van der Waals surface area contributed by atoms with E-state index >= 15 is 0 Å². The number of terminal acetylenes is 1. The average molecular weight is 180 g/mol. The first kappa shape index (κ1) is 10.6. The van der Waals surface area contributed by atoms with Crippen LogP contribution in [0.3, 0.4) is 0 Å². The van der Waals surface area contributed by atoms with Crippen molar-refractivity contribution in [2.45, 2.75) is 45.6 Å². The molecule has 1 nitrogen and oxygen atoms in total. The topological polar surface area (TPSA) is 20.2 Å². The van der Waals surface area contributed by atoms with E-state index in [-0.39, 0.29) is 5.92 Å². The van der Waals surface area contributed by atoms with Crippen LogP contribution in [0, 0.1) is 30.1 Å². The van der Waals surface area contributed by atoms with E-state index in [1.165, 1.54) is 6.42 Å². The van der Waals surface area contributed by atoms with Crippen LogP contribution in [0.4, 0.5) is 0 Å². The molecule has 0 aliphatic heterocycles. The molecule has 1 aliphatic rings. The van der Waals surface area contributed by atoms with Crippen LogP contribution < -0.4 is 0 Å². The standard InChI is InChI=1S/C12H20O/c1-5-12(13)8-11(9(2)3)7-6-10(12)4/h1,9-11,13H,6-8H2,2-4H3/t10-,11-,12-/m0/s1.